The van der Waals surface area contributed by atoms with Crippen molar-refractivity contribution in [2.24, 2.45) is 11.1 Å². The molecule has 1 amide bonds. The van der Waals surface area contributed by atoms with Crippen LogP contribution in [0.1, 0.15) is 57.8 Å². The molecule has 1 heterocycles. The molecule has 2 N–H and O–H groups in total. The molecule has 3 heteroatoms. The number of hydrogen-bond acceptors (Lipinski definition) is 2. The molecule has 0 spiro atoms. The van der Waals surface area contributed by atoms with Crippen molar-refractivity contribution in [2.75, 3.05) is 19.6 Å². The van der Waals surface area contributed by atoms with Crippen LogP contribution in [0.4, 0.5) is 0 Å². The molecule has 21 heavy (non-hydrogen) atoms. The fraction of sp³-hybridized carbons (Fsp3) is 0.722. The van der Waals surface area contributed by atoms with Crippen LogP contribution in [0.15, 0.2) is 24.3 Å². The number of carbonyl (C=O) groups excluding carboxylic acids is 1. The highest BCUT2D eigenvalue weighted by Gasteiger charge is 2.32. The monoisotopic (exact) mass is 290 g/mol. The summed E-state index contributed by atoms with van der Waals surface area (Å²) in [5.41, 5.74) is 5.19. The molecule has 1 aliphatic heterocycles. The summed E-state index contributed by atoms with van der Waals surface area (Å²) in [5, 5.41) is 0. The Bertz CT molecular complexity index is 383. The first kappa shape index (κ1) is 16.3. The van der Waals surface area contributed by atoms with E-state index in [4.69, 9.17) is 5.73 Å². The molecule has 2 rings (SSSR count). The summed E-state index contributed by atoms with van der Waals surface area (Å²) in [7, 11) is 0. The van der Waals surface area contributed by atoms with Gasteiger partial charge in [0.25, 0.3) is 0 Å². The summed E-state index contributed by atoms with van der Waals surface area (Å²) in [5.74, 6) is -0.170. The van der Waals surface area contributed by atoms with Gasteiger partial charge in [-0.3, -0.25) is 4.79 Å². The van der Waals surface area contributed by atoms with E-state index in [0.29, 0.717) is 0 Å². The molecular weight excluding hydrogens is 260 g/mol. The average Bonchev–Trinajstić information content (AvgIpc) is 2.52. The molecule has 1 unspecified atom stereocenters. The highest BCUT2D eigenvalue weighted by Crippen LogP contribution is 2.33. The van der Waals surface area contributed by atoms with E-state index in [1.165, 1.54) is 58.2 Å². The number of allylic oxidation sites excluding steroid dienone is 3. The van der Waals surface area contributed by atoms with E-state index in [1.54, 1.807) is 0 Å². The van der Waals surface area contributed by atoms with Crippen LogP contribution in [0.5, 0.6) is 0 Å². The number of carbonyl (C=O) groups is 1. The predicted octanol–water partition coefficient (Wildman–Crippen LogP) is 3.41. The van der Waals surface area contributed by atoms with Crippen LogP contribution in [0.2, 0.25) is 0 Å². The van der Waals surface area contributed by atoms with Crippen molar-refractivity contribution in [1.29, 1.82) is 0 Å². The summed E-state index contributed by atoms with van der Waals surface area (Å²) in [6.45, 7) is 3.84. The van der Waals surface area contributed by atoms with Crippen LogP contribution in [0, 0.1) is 5.41 Å². The Balaban J connectivity index is 1.59. The Kier molecular flexibility index (Phi) is 6.50. The van der Waals surface area contributed by atoms with Gasteiger partial charge in [0.05, 0.1) is 5.41 Å². The van der Waals surface area contributed by atoms with Gasteiger partial charge in [-0.05, 0) is 51.7 Å². The highest BCUT2D eigenvalue weighted by atomic mass is 16.1. The lowest BCUT2D eigenvalue weighted by Gasteiger charge is -2.28. The maximum Gasteiger partial charge on any atom is 0.227 e. The zero-order valence-corrected chi connectivity index (χ0v) is 13.2. The Labute approximate surface area is 129 Å². The predicted molar refractivity (Wildman–Crippen MR) is 87.9 cm³/mol. The van der Waals surface area contributed by atoms with E-state index >= 15 is 0 Å². The summed E-state index contributed by atoms with van der Waals surface area (Å²) < 4.78 is 0. The van der Waals surface area contributed by atoms with E-state index in [2.05, 4.69) is 11.0 Å². The van der Waals surface area contributed by atoms with Gasteiger partial charge in [0.15, 0.2) is 0 Å². The first-order valence-electron chi connectivity index (χ1n) is 8.60. The molecule has 1 aliphatic carbocycles. The Hall–Kier alpha value is -1.09. The number of unbranched alkanes of at least 4 members (excludes halogenated alkanes) is 3. The Morgan fingerprint density at radius 3 is 2.48 bits per heavy atom. The molecule has 0 aromatic heterocycles. The maximum absolute atomic E-state index is 11.7. The summed E-state index contributed by atoms with van der Waals surface area (Å²) in [6.07, 6.45) is 18.7. The van der Waals surface area contributed by atoms with E-state index in [9.17, 15) is 4.79 Å². The number of nitrogens with two attached hydrogens (primary N) is 1. The highest BCUT2D eigenvalue weighted by molar-refractivity contribution is 5.83. The number of likely N-dealkylation sites (tertiary alicyclic amines) is 1. The number of amides is 1. The van der Waals surface area contributed by atoms with Crippen molar-refractivity contribution in [3.8, 4) is 0 Å². The van der Waals surface area contributed by atoms with Gasteiger partial charge in [-0.1, -0.05) is 50.0 Å². The first-order valence-corrected chi connectivity index (χ1v) is 8.60. The largest absolute Gasteiger partial charge is 0.369 e. The maximum atomic E-state index is 11.7. The number of rotatable bonds is 8. The Morgan fingerprint density at radius 2 is 1.81 bits per heavy atom. The topological polar surface area (TPSA) is 46.3 Å². The number of piperidine rings is 1. The van der Waals surface area contributed by atoms with Crippen LogP contribution in [-0.2, 0) is 4.79 Å². The molecule has 3 nitrogen and oxygen atoms in total. The first-order chi connectivity index (χ1) is 10.2. The molecule has 118 valence electrons. The molecule has 0 saturated carbocycles. The van der Waals surface area contributed by atoms with Crippen LogP contribution in [0.3, 0.4) is 0 Å². The standard InChI is InChI=1S/C18H30N2O/c19-17(21)18(12-6-3-7-13-18)11-5-1-2-8-14-20-15-9-4-10-16-20/h3,6-7,12H,1-2,4-5,8-11,13-16H2,(H2,19,21). The second-order valence-electron chi connectivity index (χ2n) is 6.58. The third-order valence-electron chi connectivity index (χ3n) is 4.93. The minimum Gasteiger partial charge on any atom is -0.369 e. The van der Waals surface area contributed by atoms with Gasteiger partial charge in [0, 0.05) is 0 Å². The molecule has 0 aromatic carbocycles. The summed E-state index contributed by atoms with van der Waals surface area (Å²) in [4.78, 5) is 14.3. The zero-order valence-electron chi connectivity index (χ0n) is 13.2. The molecule has 2 aliphatic rings. The molecule has 1 fully saturated rings. The number of primary amides is 1. The van der Waals surface area contributed by atoms with Gasteiger partial charge in [-0.15, -0.1) is 0 Å². The van der Waals surface area contributed by atoms with E-state index in [0.717, 1.165) is 19.3 Å². The molecule has 1 saturated heterocycles. The number of hydrogen-bond donors (Lipinski definition) is 1. The fourth-order valence-electron chi connectivity index (χ4n) is 3.47. The molecule has 0 bridgehead atoms. The third kappa shape index (κ3) is 4.99. The van der Waals surface area contributed by atoms with Gasteiger partial charge in [-0.25, -0.2) is 0 Å². The van der Waals surface area contributed by atoms with Crippen molar-refractivity contribution in [3.05, 3.63) is 24.3 Å². The normalized spacial score (nSPS) is 26.1. The van der Waals surface area contributed by atoms with Crippen molar-refractivity contribution >= 4 is 5.91 Å². The van der Waals surface area contributed by atoms with Crippen molar-refractivity contribution in [1.82, 2.24) is 4.90 Å². The zero-order chi connectivity index (χ0) is 15.0. The van der Waals surface area contributed by atoms with Gasteiger partial charge >= 0.3 is 0 Å². The Morgan fingerprint density at radius 1 is 1.05 bits per heavy atom. The fourth-order valence-corrected chi connectivity index (χ4v) is 3.47. The lowest BCUT2D eigenvalue weighted by Crippen LogP contribution is -2.35. The van der Waals surface area contributed by atoms with Crippen LogP contribution >= 0.6 is 0 Å². The quantitative estimate of drug-likeness (QED) is 0.696. The van der Waals surface area contributed by atoms with E-state index in [1.807, 2.05) is 18.2 Å². The number of nitrogens with zero attached hydrogens (tertiary/aromatic N) is 1. The minimum atomic E-state index is -0.415. The van der Waals surface area contributed by atoms with Gasteiger partial charge < -0.3 is 10.6 Å². The van der Waals surface area contributed by atoms with Crippen molar-refractivity contribution < 1.29 is 4.79 Å². The van der Waals surface area contributed by atoms with Crippen molar-refractivity contribution in [3.63, 3.8) is 0 Å². The second-order valence-corrected chi connectivity index (χ2v) is 6.58. The van der Waals surface area contributed by atoms with E-state index < -0.39 is 5.41 Å². The SMILES string of the molecule is NC(=O)C1(CCCCCCN2CCCCC2)C=CC=CC1. The van der Waals surface area contributed by atoms with Crippen LogP contribution in [-0.4, -0.2) is 30.4 Å². The average molecular weight is 290 g/mol. The lowest BCUT2D eigenvalue weighted by atomic mass is 9.76. The molecule has 0 radical (unpaired) electrons. The van der Waals surface area contributed by atoms with E-state index in [-0.39, 0.29) is 5.91 Å². The van der Waals surface area contributed by atoms with Gasteiger partial charge in [0.1, 0.15) is 0 Å². The lowest BCUT2D eigenvalue weighted by molar-refractivity contribution is -0.125. The summed E-state index contributed by atoms with van der Waals surface area (Å²) in [6, 6.07) is 0. The van der Waals surface area contributed by atoms with Crippen LogP contribution < -0.4 is 5.73 Å². The van der Waals surface area contributed by atoms with Crippen LogP contribution in [0.25, 0.3) is 0 Å². The minimum absolute atomic E-state index is 0.170. The molecule has 0 aromatic rings. The van der Waals surface area contributed by atoms with Gasteiger partial charge in [-0.2, -0.15) is 0 Å². The molecular formula is C18H30N2O. The van der Waals surface area contributed by atoms with Gasteiger partial charge in [0.2, 0.25) is 5.91 Å². The third-order valence-corrected chi connectivity index (χ3v) is 4.93. The van der Waals surface area contributed by atoms with Crippen molar-refractivity contribution in [2.45, 2.75) is 57.8 Å². The smallest absolute Gasteiger partial charge is 0.227 e. The summed E-state index contributed by atoms with van der Waals surface area (Å²) >= 11 is 0. The second kappa shape index (κ2) is 8.38. The molecule has 1 atom stereocenters.